The van der Waals surface area contributed by atoms with E-state index in [9.17, 15) is 4.79 Å². The summed E-state index contributed by atoms with van der Waals surface area (Å²) >= 11 is 5.92. The third-order valence-electron chi connectivity index (χ3n) is 4.84. The number of rotatable bonds is 7. The summed E-state index contributed by atoms with van der Waals surface area (Å²) in [5.74, 6) is 0.744. The topological polar surface area (TPSA) is 44.8 Å². The van der Waals surface area contributed by atoms with Gasteiger partial charge >= 0.3 is 5.97 Å². The van der Waals surface area contributed by atoms with Crippen molar-refractivity contribution in [3.8, 4) is 17.2 Å². The van der Waals surface area contributed by atoms with Crippen LogP contribution in [0.2, 0.25) is 5.02 Å². The summed E-state index contributed by atoms with van der Waals surface area (Å²) in [6, 6.07) is 26.7. The second-order valence-corrected chi connectivity index (χ2v) is 7.47. The molecule has 32 heavy (non-hydrogen) atoms. The van der Waals surface area contributed by atoms with Crippen LogP contribution in [-0.4, -0.2) is 19.7 Å². The predicted molar refractivity (Wildman–Crippen MR) is 128 cm³/mol. The second-order valence-electron chi connectivity index (χ2n) is 7.03. The van der Waals surface area contributed by atoms with Crippen LogP contribution in [0.25, 0.3) is 22.9 Å². The van der Waals surface area contributed by atoms with Crippen LogP contribution in [0, 0.1) is 0 Å². The molecule has 0 aliphatic carbocycles. The van der Waals surface area contributed by atoms with Crippen LogP contribution >= 0.6 is 11.6 Å². The summed E-state index contributed by atoms with van der Waals surface area (Å²) in [6.07, 6.45) is 4.06. The zero-order valence-corrected chi connectivity index (χ0v) is 18.2. The van der Waals surface area contributed by atoms with E-state index in [-0.39, 0.29) is 6.61 Å². The molecule has 0 aromatic heterocycles. The number of fused-ring (bicyclic) bond motifs is 1. The molecule has 0 N–H and O–H groups in total. The molecule has 0 saturated heterocycles. The fourth-order valence-electron chi connectivity index (χ4n) is 3.31. The Labute approximate surface area is 191 Å². The molecule has 0 heterocycles. The van der Waals surface area contributed by atoms with Crippen LogP contribution in [0.4, 0.5) is 0 Å². The maximum absolute atomic E-state index is 12.2. The molecule has 0 saturated carbocycles. The smallest absolute Gasteiger partial charge is 0.349 e. The molecule has 0 amide bonds. The number of hydrogen-bond acceptors (Lipinski definition) is 4. The van der Waals surface area contributed by atoms with Crippen molar-refractivity contribution in [2.24, 2.45) is 0 Å². The van der Waals surface area contributed by atoms with Gasteiger partial charge in [0.2, 0.25) is 0 Å². The average molecular weight is 445 g/mol. The molecule has 0 unspecified atom stereocenters. The van der Waals surface area contributed by atoms with E-state index in [4.69, 9.17) is 25.8 Å². The minimum atomic E-state index is -0.540. The van der Waals surface area contributed by atoms with E-state index >= 15 is 0 Å². The highest BCUT2D eigenvalue weighted by Crippen LogP contribution is 2.29. The minimum Gasteiger partial charge on any atom is -0.493 e. The molecule has 4 aromatic rings. The molecule has 5 heteroatoms. The van der Waals surface area contributed by atoms with Gasteiger partial charge in [-0.2, -0.15) is 0 Å². The van der Waals surface area contributed by atoms with Crippen molar-refractivity contribution in [3.05, 3.63) is 101 Å². The number of hydrogen-bond donors (Lipinski definition) is 0. The number of methoxy groups -OCH3 is 1. The van der Waals surface area contributed by atoms with Gasteiger partial charge in [-0.05, 0) is 52.2 Å². The summed E-state index contributed by atoms with van der Waals surface area (Å²) < 4.78 is 16.3. The molecule has 0 radical (unpaired) electrons. The number of esters is 1. The molecule has 0 spiro atoms. The highest BCUT2D eigenvalue weighted by Gasteiger charge is 2.11. The first-order valence-corrected chi connectivity index (χ1v) is 10.4. The van der Waals surface area contributed by atoms with Gasteiger partial charge in [-0.25, -0.2) is 4.79 Å². The van der Waals surface area contributed by atoms with Crippen molar-refractivity contribution in [2.45, 2.75) is 0 Å². The Balaban J connectivity index is 1.45. The van der Waals surface area contributed by atoms with Gasteiger partial charge in [-0.1, -0.05) is 78.4 Å². The van der Waals surface area contributed by atoms with E-state index in [1.165, 1.54) is 17.9 Å². The lowest BCUT2D eigenvalue weighted by molar-refractivity contribution is -0.136. The highest BCUT2D eigenvalue weighted by molar-refractivity contribution is 6.30. The van der Waals surface area contributed by atoms with Gasteiger partial charge in [0.05, 0.1) is 7.11 Å². The lowest BCUT2D eigenvalue weighted by atomic mass is 10.0. The Morgan fingerprint density at radius 2 is 1.69 bits per heavy atom. The largest absolute Gasteiger partial charge is 0.493 e. The van der Waals surface area contributed by atoms with Gasteiger partial charge in [-0.3, -0.25) is 0 Å². The van der Waals surface area contributed by atoms with Gasteiger partial charge < -0.3 is 14.2 Å². The maximum atomic E-state index is 12.2. The molecule has 4 nitrogen and oxygen atoms in total. The Bertz CT molecular complexity index is 1270. The Hall–Kier alpha value is -3.76. The fraction of sp³-hybridized carbons (Fsp3) is 0.0741. The monoisotopic (exact) mass is 444 g/mol. The lowest BCUT2D eigenvalue weighted by Gasteiger charge is -2.11. The van der Waals surface area contributed by atoms with E-state index < -0.39 is 5.97 Å². The predicted octanol–water partition coefficient (Wildman–Crippen LogP) is 6.66. The van der Waals surface area contributed by atoms with Gasteiger partial charge in [0.1, 0.15) is 5.75 Å². The van der Waals surface area contributed by atoms with Crippen LogP contribution in [0.1, 0.15) is 11.1 Å². The van der Waals surface area contributed by atoms with Crippen molar-refractivity contribution in [3.63, 3.8) is 0 Å². The minimum absolute atomic E-state index is 0.244. The summed E-state index contributed by atoms with van der Waals surface area (Å²) in [4.78, 5) is 12.2. The molecule has 0 aliphatic heterocycles. The van der Waals surface area contributed by atoms with Gasteiger partial charge in [-0.15, -0.1) is 0 Å². The van der Waals surface area contributed by atoms with E-state index in [0.29, 0.717) is 22.3 Å². The van der Waals surface area contributed by atoms with Gasteiger partial charge in [0, 0.05) is 5.02 Å². The van der Waals surface area contributed by atoms with Crippen LogP contribution in [-0.2, 0) is 4.79 Å². The normalized spacial score (nSPS) is 10.9. The van der Waals surface area contributed by atoms with Crippen molar-refractivity contribution in [2.75, 3.05) is 13.7 Å². The average Bonchev–Trinajstić information content (AvgIpc) is 2.82. The fourth-order valence-corrected chi connectivity index (χ4v) is 3.49. The van der Waals surface area contributed by atoms with Crippen LogP contribution in [0.15, 0.2) is 84.9 Å². The summed E-state index contributed by atoms with van der Waals surface area (Å²) in [5, 5.41) is 2.91. The van der Waals surface area contributed by atoms with E-state index in [1.54, 1.807) is 30.3 Å². The van der Waals surface area contributed by atoms with Gasteiger partial charge in [0.15, 0.2) is 18.1 Å². The maximum Gasteiger partial charge on any atom is 0.349 e. The number of halogens is 1. The summed E-state index contributed by atoms with van der Waals surface area (Å²) in [7, 11) is 1.54. The second kappa shape index (κ2) is 10.0. The van der Waals surface area contributed by atoms with Crippen molar-refractivity contribution in [1.82, 2.24) is 0 Å². The Morgan fingerprint density at radius 1 is 0.875 bits per heavy atom. The Morgan fingerprint density at radius 3 is 2.53 bits per heavy atom. The van der Waals surface area contributed by atoms with Crippen molar-refractivity contribution < 1.29 is 19.0 Å². The van der Waals surface area contributed by atoms with Crippen LogP contribution in [0.5, 0.6) is 17.2 Å². The molecule has 4 aromatic carbocycles. The lowest BCUT2D eigenvalue weighted by Crippen LogP contribution is -2.18. The van der Waals surface area contributed by atoms with Crippen molar-refractivity contribution in [1.29, 1.82) is 0 Å². The number of benzene rings is 4. The number of ether oxygens (including phenoxy) is 3. The highest BCUT2D eigenvalue weighted by atomic mass is 35.5. The zero-order chi connectivity index (χ0) is 22.3. The van der Waals surface area contributed by atoms with Crippen molar-refractivity contribution >= 4 is 40.5 Å². The summed E-state index contributed by atoms with van der Waals surface area (Å²) in [6.45, 7) is -0.244. The molecule has 160 valence electrons. The Kier molecular flexibility index (Phi) is 6.73. The SMILES string of the molecule is COc1cc(/C=C/c2cccc3ccccc23)ccc1OC(=O)COc1cccc(Cl)c1. The third kappa shape index (κ3) is 5.29. The first-order valence-electron chi connectivity index (χ1n) is 10.1. The standard InChI is InChI=1S/C27H21ClO4/c1-30-26-16-19(12-14-21-8-4-7-20-6-2-3-11-24(20)21)13-15-25(26)32-27(29)18-31-23-10-5-9-22(28)17-23/h2-17H,18H2,1H3/b14-12+. The first kappa shape index (κ1) is 21.5. The van der Waals surface area contributed by atoms with Gasteiger partial charge in [0.25, 0.3) is 0 Å². The third-order valence-corrected chi connectivity index (χ3v) is 5.08. The molecule has 0 bridgehead atoms. The molecule has 0 fully saturated rings. The van der Waals surface area contributed by atoms with Crippen LogP contribution < -0.4 is 14.2 Å². The molecular weight excluding hydrogens is 424 g/mol. The summed E-state index contributed by atoms with van der Waals surface area (Å²) in [5.41, 5.74) is 2.04. The number of carbonyl (C=O) groups is 1. The number of carbonyl (C=O) groups excluding carboxylic acids is 1. The molecule has 0 aliphatic rings. The quantitative estimate of drug-likeness (QED) is 0.182. The zero-order valence-electron chi connectivity index (χ0n) is 17.5. The first-order chi connectivity index (χ1) is 15.6. The molecular formula is C27H21ClO4. The van der Waals surface area contributed by atoms with E-state index in [0.717, 1.165) is 11.1 Å². The molecule has 4 rings (SSSR count). The van der Waals surface area contributed by atoms with Crippen LogP contribution in [0.3, 0.4) is 0 Å². The van der Waals surface area contributed by atoms with E-state index in [1.807, 2.05) is 36.4 Å². The van der Waals surface area contributed by atoms with E-state index in [2.05, 4.69) is 30.3 Å². The molecule has 0 atom stereocenters.